The highest BCUT2D eigenvalue weighted by atomic mass is 16.5. The SMILES string of the molecule is COc1ccc(C(=N)N)c(N2CCCC(N(C)C)C2)c1. The Hall–Kier alpha value is -1.75. The lowest BCUT2D eigenvalue weighted by Gasteiger charge is -2.38. The van der Waals surface area contributed by atoms with Gasteiger partial charge in [-0.05, 0) is 39.1 Å². The number of nitrogens with one attached hydrogen (secondary N) is 1. The predicted molar refractivity (Wildman–Crippen MR) is 82.9 cm³/mol. The van der Waals surface area contributed by atoms with Gasteiger partial charge in [-0.2, -0.15) is 0 Å². The maximum Gasteiger partial charge on any atom is 0.124 e. The highest BCUT2D eigenvalue weighted by Gasteiger charge is 2.24. The van der Waals surface area contributed by atoms with Crippen molar-refractivity contribution in [2.45, 2.75) is 18.9 Å². The van der Waals surface area contributed by atoms with Gasteiger partial charge in [0.05, 0.1) is 12.8 Å². The summed E-state index contributed by atoms with van der Waals surface area (Å²) >= 11 is 0. The lowest BCUT2D eigenvalue weighted by atomic mass is 10.0. The van der Waals surface area contributed by atoms with Crippen LogP contribution in [0.2, 0.25) is 0 Å². The molecule has 0 bridgehead atoms. The fourth-order valence-corrected chi connectivity index (χ4v) is 2.72. The first-order valence-electron chi connectivity index (χ1n) is 6.96. The minimum Gasteiger partial charge on any atom is -0.497 e. The first kappa shape index (κ1) is 14.7. The topological polar surface area (TPSA) is 65.6 Å². The number of nitrogens with two attached hydrogens (primary N) is 1. The number of ether oxygens (including phenoxy) is 1. The molecule has 110 valence electrons. The molecule has 0 spiro atoms. The Balaban J connectivity index is 2.32. The zero-order valence-electron chi connectivity index (χ0n) is 12.5. The Morgan fingerprint density at radius 2 is 2.20 bits per heavy atom. The van der Waals surface area contributed by atoms with E-state index in [1.54, 1.807) is 7.11 Å². The number of hydrogen-bond donors (Lipinski definition) is 2. The summed E-state index contributed by atoms with van der Waals surface area (Å²) in [5.41, 5.74) is 7.50. The smallest absolute Gasteiger partial charge is 0.124 e. The number of likely N-dealkylation sites (N-methyl/N-ethyl adjacent to an activating group) is 1. The van der Waals surface area contributed by atoms with E-state index >= 15 is 0 Å². The molecular formula is C15H24N4O. The van der Waals surface area contributed by atoms with Crippen LogP contribution in [0.3, 0.4) is 0 Å². The van der Waals surface area contributed by atoms with E-state index in [9.17, 15) is 0 Å². The van der Waals surface area contributed by atoms with E-state index in [0.29, 0.717) is 6.04 Å². The first-order chi connectivity index (χ1) is 9.52. The van der Waals surface area contributed by atoms with Gasteiger partial charge in [0.25, 0.3) is 0 Å². The summed E-state index contributed by atoms with van der Waals surface area (Å²) < 4.78 is 5.31. The summed E-state index contributed by atoms with van der Waals surface area (Å²) in [5.74, 6) is 0.909. The molecule has 1 fully saturated rings. The fourth-order valence-electron chi connectivity index (χ4n) is 2.72. The molecule has 1 unspecified atom stereocenters. The average Bonchev–Trinajstić information content (AvgIpc) is 2.46. The third-order valence-corrected chi connectivity index (χ3v) is 3.96. The molecular weight excluding hydrogens is 252 g/mol. The molecule has 3 N–H and O–H groups in total. The second kappa shape index (κ2) is 6.13. The van der Waals surface area contributed by atoms with E-state index in [-0.39, 0.29) is 5.84 Å². The maximum absolute atomic E-state index is 7.76. The van der Waals surface area contributed by atoms with Crippen molar-refractivity contribution in [2.24, 2.45) is 5.73 Å². The predicted octanol–water partition coefficient (Wildman–Crippen LogP) is 1.51. The van der Waals surface area contributed by atoms with E-state index in [0.717, 1.165) is 36.5 Å². The number of benzene rings is 1. The van der Waals surface area contributed by atoms with Gasteiger partial charge in [0.2, 0.25) is 0 Å². The van der Waals surface area contributed by atoms with Crippen LogP contribution in [0.5, 0.6) is 5.75 Å². The zero-order chi connectivity index (χ0) is 14.7. The molecule has 1 heterocycles. The number of hydrogen-bond acceptors (Lipinski definition) is 4. The Labute approximate surface area is 120 Å². The Morgan fingerprint density at radius 1 is 1.45 bits per heavy atom. The van der Waals surface area contributed by atoms with Crippen molar-refractivity contribution >= 4 is 11.5 Å². The van der Waals surface area contributed by atoms with Gasteiger partial charge in [0, 0.05) is 30.8 Å². The number of anilines is 1. The zero-order valence-corrected chi connectivity index (χ0v) is 12.5. The van der Waals surface area contributed by atoms with Crippen molar-refractivity contribution in [3.63, 3.8) is 0 Å². The van der Waals surface area contributed by atoms with Crippen LogP contribution < -0.4 is 15.4 Å². The van der Waals surface area contributed by atoms with Crippen LogP contribution in [0.25, 0.3) is 0 Å². The summed E-state index contributed by atoms with van der Waals surface area (Å²) in [6.45, 7) is 1.96. The maximum atomic E-state index is 7.76. The van der Waals surface area contributed by atoms with E-state index < -0.39 is 0 Å². The van der Waals surface area contributed by atoms with Crippen molar-refractivity contribution < 1.29 is 4.74 Å². The van der Waals surface area contributed by atoms with Gasteiger partial charge in [0.15, 0.2) is 0 Å². The Morgan fingerprint density at radius 3 is 2.80 bits per heavy atom. The minimum absolute atomic E-state index is 0.106. The third kappa shape index (κ3) is 3.04. The van der Waals surface area contributed by atoms with Gasteiger partial charge in [-0.25, -0.2) is 0 Å². The number of piperidine rings is 1. The largest absolute Gasteiger partial charge is 0.497 e. The third-order valence-electron chi connectivity index (χ3n) is 3.96. The second-order valence-corrected chi connectivity index (χ2v) is 5.50. The molecule has 1 atom stereocenters. The van der Waals surface area contributed by atoms with Crippen LogP contribution in [0, 0.1) is 5.41 Å². The van der Waals surface area contributed by atoms with Crippen molar-refractivity contribution in [3.8, 4) is 5.75 Å². The van der Waals surface area contributed by atoms with Crippen LogP contribution in [0.1, 0.15) is 18.4 Å². The molecule has 1 aliphatic rings. The number of amidine groups is 1. The number of nitrogen functional groups attached to an aromatic ring is 1. The first-order valence-corrected chi connectivity index (χ1v) is 6.96. The van der Waals surface area contributed by atoms with Gasteiger partial charge in [0.1, 0.15) is 11.6 Å². The molecule has 20 heavy (non-hydrogen) atoms. The Kier molecular flexibility index (Phi) is 4.49. The standard InChI is InChI=1S/C15H24N4O/c1-18(2)11-5-4-8-19(10-11)14-9-12(20-3)6-7-13(14)15(16)17/h6-7,9,11H,4-5,8,10H2,1-3H3,(H3,16,17). The quantitative estimate of drug-likeness (QED) is 0.646. The monoisotopic (exact) mass is 276 g/mol. The molecule has 0 radical (unpaired) electrons. The lowest BCUT2D eigenvalue weighted by molar-refractivity contribution is 0.258. The van der Waals surface area contributed by atoms with Gasteiger partial charge < -0.3 is 20.3 Å². The van der Waals surface area contributed by atoms with E-state index in [1.807, 2.05) is 18.2 Å². The summed E-state index contributed by atoms with van der Waals surface area (Å²) in [5, 5.41) is 7.76. The molecule has 0 amide bonds. The molecule has 1 aromatic carbocycles. The normalized spacial score (nSPS) is 19.2. The molecule has 0 aliphatic carbocycles. The van der Waals surface area contributed by atoms with Crippen molar-refractivity contribution in [1.29, 1.82) is 5.41 Å². The van der Waals surface area contributed by atoms with Crippen LogP contribution >= 0.6 is 0 Å². The van der Waals surface area contributed by atoms with Gasteiger partial charge in [-0.1, -0.05) is 0 Å². The van der Waals surface area contributed by atoms with Gasteiger partial charge in [-0.3, -0.25) is 5.41 Å². The highest BCUT2D eigenvalue weighted by molar-refractivity contribution is 6.00. The van der Waals surface area contributed by atoms with Crippen molar-refractivity contribution in [3.05, 3.63) is 23.8 Å². The average molecular weight is 276 g/mol. The van der Waals surface area contributed by atoms with E-state index in [1.165, 1.54) is 6.42 Å². The minimum atomic E-state index is 0.106. The van der Waals surface area contributed by atoms with E-state index in [4.69, 9.17) is 15.9 Å². The number of rotatable bonds is 4. The van der Waals surface area contributed by atoms with Crippen molar-refractivity contribution in [2.75, 3.05) is 39.2 Å². The molecule has 0 aromatic heterocycles. The van der Waals surface area contributed by atoms with Crippen LogP contribution in [0.15, 0.2) is 18.2 Å². The molecule has 2 rings (SSSR count). The molecule has 1 aromatic rings. The van der Waals surface area contributed by atoms with Gasteiger partial charge in [-0.15, -0.1) is 0 Å². The molecule has 1 saturated heterocycles. The summed E-state index contributed by atoms with van der Waals surface area (Å²) in [6, 6.07) is 6.24. The van der Waals surface area contributed by atoms with Crippen molar-refractivity contribution in [1.82, 2.24) is 4.90 Å². The molecule has 5 heteroatoms. The fraction of sp³-hybridized carbons (Fsp3) is 0.533. The van der Waals surface area contributed by atoms with Crippen LogP contribution in [-0.2, 0) is 0 Å². The Bertz CT molecular complexity index is 487. The number of nitrogens with zero attached hydrogens (tertiary/aromatic N) is 2. The molecule has 0 saturated carbocycles. The molecule has 5 nitrogen and oxygen atoms in total. The molecule has 1 aliphatic heterocycles. The summed E-state index contributed by atoms with van der Waals surface area (Å²) in [7, 11) is 5.89. The summed E-state index contributed by atoms with van der Waals surface area (Å²) in [6.07, 6.45) is 2.36. The number of methoxy groups -OCH3 is 1. The summed E-state index contributed by atoms with van der Waals surface area (Å²) in [4.78, 5) is 4.58. The lowest BCUT2D eigenvalue weighted by Crippen LogP contribution is -2.45. The van der Waals surface area contributed by atoms with Gasteiger partial charge >= 0.3 is 0 Å². The van der Waals surface area contributed by atoms with Crippen LogP contribution in [0.4, 0.5) is 5.69 Å². The second-order valence-electron chi connectivity index (χ2n) is 5.50. The van der Waals surface area contributed by atoms with E-state index in [2.05, 4.69) is 23.9 Å². The van der Waals surface area contributed by atoms with Crippen LogP contribution in [-0.4, -0.2) is 51.1 Å². The highest BCUT2D eigenvalue weighted by Crippen LogP contribution is 2.29.